The van der Waals surface area contributed by atoms with E-state index in [4.69, 9.17) is 5.11 Å². The van der Waals surface area contributed by atoms with Gasteiger partial charge < -0.3 is 5.11 Å². The lowest BCUT2D eigenvalue weighted by atomic mass is 10.1. The smallest absolute Gasteiger partial charge is 0.325 e. The summed E-state index contributed by atoms with van der Waals surface area (Å²) in [6.07, 6.45) is 0. The van der Waals surface area contributed by atoms with Crippen LogP contribution < -0.4 is 0 Å². The van der Waals surface area contributed by atoms with Crippen LogP contribution in [0, 0.1) is 6.92 Å². The van der Waals surface area contributed by atoms with E-state index in [0.29, 0.717) is 5.82 Å². The van der Waals surface area contributed by atoms with Crippen LogP contribution in [0.25, 0.3) is 11.4 Å². The number of nitrogens with zero attached hydrogens (tertiary/aromatic N) is 4. The molecular formula is C10H9BrN4O2. The van der Waals surface area contributed by atoms with Crippen molar-refractivity contribution in [3.63, 3.8) is 0 Å². The molecule has 0 saturated heterocycles. The fraction of sp³-hybridized carbons (Fsp3) is 0.200. The highest BCUT2D eigenvalue weighted by Gasteiger charge is 2.12. The third kappa shape index (κ3) is 2.50. The number of halogens is 1. The highest BCUT2D eigenvalue weighted by Crippen LogP contribution is 2.23. The van der Waals surface area contributed by atoms with Crippen molar-refractivity contribution in [2.75, 3.05) is 0 Å². The third-order valence-corrected chi connectivity index (χ3v) is 3.12. The van der Waals surface area contributed by atoms with Crippen LogP contribution in [0.4, 0.5) is 0 Å². The Labute approximate surface area is 105 Å². The van der Waals surface area contributed by atoms with Crippen molar-refractivity contribution >= 4 is 21.9 Å². The molecule has 0 aliphatic rings. The van der Waals surface area contributed by atoms with E-state index in [-0.39, 0.29) is 6.54 Å². The van der Waals surface area contributed by atoms with Crippen molar-refractivity contribution in [2.24, 2.45) is 0 Å². The molecule has 0 bridgehead atoms. The van der Waals surface area contributed by atoms with Gasteiger partial charge in [-0.25, -0.2) is 4.68 Å². The maximum Gasteiger partial charge on any atom is 0.325 e. The summed E-state index contributed by atoms with van der Waals surface area (Å²) in [5.74, 6) is -0.532. The topological polar surface area (TPSA) is 80.9 Å². The lowest BCUT2D eigenvalue weighted by Crippen LogP contribution is -2.11. The van der Waals surface area contributed by atoms with E-state index in [9.17, 15) is 4.79 Å². The molecule has 1 heterocycles. The first-order valence-electron chi connectivity index (χ1n) is 4.82. The van der Waals surface area contributed by atoms with E-state index in [1.807, 2.05) is 25.1 Å². The molecule has 1 N–H and O–H groups in total. The molecule has 0 aliphatic carbocycles. The Morgan fingerprint density at radius 2 is 2.29 bits per heavy atom. The van der Waals surface area contributed by atoms with Gasteiger partial charge in [0.15, 0.2) is 5.82 Å². The highest BCUT2D eigenvalue weighted by molar-refractivity contribution is 9.10. The fourth-order valence-electron chi connectivity index (χ4n) is 1.43. The quantitative estimate of drug-likeness (QED) is 0.928. The number of tetrazole rings is 1. The standard InChI is InChI=1S/C10H9BrN4O2/c1-6-4-7(2-3-8(6)11)10-12-13-14-15(10)5-9(16)17/h2-4H,5H2,1H3,(H,16,17). The van der Waals surface area contributed by atoms with Gasteiger partial charge >= 0.3 is 5.97 Å². The minimum Gasteiger partial charge on any atom is -0.480 e. The first-order chi connectivity index (χ1) is 8.08. The van der Waals surface area contributed by atoms with Gasteiger partial charge in [-0.15, -0.1) is 5.10 Å². The number of aromatic nitrogens is 4. The maximum absolute atomic E-state index is 10.6. The molecule has 0 amide bonds. The second-order valence-electron chi connectivity index (χ2n) is 3.52. The van der Waals surface area contributed by atoms with Crippen molar-refractivity contribution in [3.8, 4) is 11.4 Å². The Balaban J connectivity index is 2.42. The van der Waals surface area contributed by atoms with Crippen LogP contribution in [-0.2, 0) is 11.3 Å². The number of aryl methyl sites for hydroxylation is 1. The summed E-state index contributed by atoms with van der Waals surface area (Å²) in [4.78, 5) is 10.6. The molecule has 0 aliphatic heterocycles. The molecule has 0 fully saturated rings. The normalized spacial score (nSPS) is 10.5. The number of hydrogen-bond acceptors (Lipinski definition) is 4. The summed E-state index contributed by atoms with van der Waals surface area (Å²) in [7, 11) is 0. The summed E-state index contributed by atoms with van der Waals surface area (Å²) < 4.78 is 2.24. The maximum atomic E-state index is 10.6. The molecular weight excluding hydrogens is 288 g/mol. The largest absolute Gasteiger partial charge is 0.480 e. The fourth-order valence-corrected chi connectivity index (χ4v) is 1.68. The molecule has 7 heteroatoms. The average molecular weight is 297 g/mol. The molecule has 17 heavy (non-hydrogen) atoms. The van der Waals surface area contributed by atoms with Gasteiger partial charge in [-0.1, -0.05) is 15.9 Å². The Morgan fingerprint density at radius 3 is 2.94 bits per heavy atom. The molecule has 1 aromatic heterocycles. The van der Waals surface area contributed by atoms with Crippen LogP contribution in [0.15, 0.2) is 22.7 Å². The van der Waals surface area contributed by atoms with Crippen LogP contribution in [0.1, 0.15) is 5.56 Å². The number of aliphatic carboxylic acids is 1. The zero-order valence-corrected chi connectivity index (χ0v) is 10.5. The van der Waals surface area contributed by atoms with E-state index in [1.165, 1.54) is 4.68 Å². The van der Waals surface area contributed by atoms with E-state index < -0.39 is 5.97 Å². The minimum atomic E-state index is -0.979. The van der Waals surface area contributed by atoms with Crippen molar-refractivity contribution in [1.29, 1.82) is 0 Å². The summed E-state index contributed by atoms with van der Waals surface area (Å²) in [5.41, 5.74) is 1.82. The molecule has 2 aromatic rings. The number of benzene rings is 1. The van der Waals surface area contributed by atoms with Gasteiger partial charge in [-0.05, 0) is 41.1 Å². The highest BCUT2D eigenvalue weighted by atomic mass is 79.9. The number of carboxylic acids is 1. The zero-order valence-electron chi connectivity index (χ0n) is 8.96. The molecule has 6 nitrogen and oxygen atoms in total. The van der Waals surface area contributed by atoms with E-state index in [1.54, 1.807) is 0 Å². The van der Waals surface area contributed by atoms with Gasteiger partial charge in [0.1, 0.15) is 6.54 Å². The van der Waals surface area contributed by atoms with Crippen molar-refractivity contribution < 1.29 is 9.90 Å². The van der Waals surface area contributed by atoms with Crippen LogP contribution in [0.5, 0.6) is 0 Å². The zero-order chi connectivity index (χ0) is 12.4. The Morgan fingerprint density at radius 1 is 1.53 bits per heavy atom. The van der Waals surface area contributed by atoms with Crippen LogP contribution >= 0.6 is 15.9 Å². The number of hydrogen-bond donors (Lipinski definition) is 1. The predicted octanol–water partition coefficient (Wildman–Crippen LogP) is 1.50. The minimum absolute atomic E-state index is 0.253. The second kappa shape index (κ2) is 4.62. The first kappa shape index (κ1) is 11.7. The van der Waals surface area contributed by atoms with Gasteiger partial charge in [0.2, 0.25) is 0 Å². The van der Waals surface area contributed by atoms with Gasteiger partial charge in [0.05, 0.1) is 0 Å². The van der Waals surface area contributed by atoms with Gasteiger partial charge in [0, 0.05) is 10.0 Å². The van der Waals surface area contributed by atoms with Crippen LogP contribution in [0.2, 0.25) is 0 Å². The number of carbonyl (C=O) groups is 1. The summed E-state index contributed by atoms with van der Waals surface area (Å²) in [5, 5.41) is 19.7. The SMILES string of the molecule is Cc1cc(-c2nnnn2CC(=O)O)ccc1Br. The second-order valence-corrected chi connectivity index (χ2v) is 4.37. The van der Waals surface area contributed by atoms with Crippen LogP contribution in [-0.4, -0.2) is 31.3 Å². The van der Waals surface area contributed by atoms with E-state index in [0.717, 1.165) is 15.6 Å². The van der Waals surface area contributed by atoms with Crippen molar-refractivity contribution in [3.05, 3.63) is 28.2 Å². The molecule has 1 aromatic carbocycles. The molecule has 88 valence electrons. The van der Waals surface area contributed by atoms with E-state index >= 15 is 0 Å². The molecule has 0 unspecified atom stereocenters. The Kier molecular flexibility index (Phi) is 3.19. The molecule has 0 saturated carbocycles. The molecule has 0 atom stereocenters. The summed E-state index contributed by atoms with van der Waals surface area (Å²) in [6.45, 7) is 1.69. The molecule has 0 radical (unpaired) electrons. The van der Waals surface area contributed by atoms with Crippen molar-refractivity contribution in [2.45, 2.75) is 13.5 Å². The van der Waals surface area contributed by atoms with Gasteiger partial charge in [-0.3, -0.25) is 4.79 Å². The molecule has 0 spiro atoms. The van der Waals surface area contributed by atoms with Crippen molar-refractivity contribution in [1.82, 2.24) is 20.2 Å². The lowest BCUT2D eigenvalue weighted by molar-refractivity contribution is -0.137. The summed E-state index contributed by atoms with van der Waals surface area (Å²) in [6, 6.07) is 5.61. The Bertz CT molecular complexity index is 567. The van der Waals surface area contributed by atoms with Gasteiger partial charge in [0.25, 0.3) is 0 Å². The Hall–Kier alpha value is -1.76. The van der Waals surface area contributed by atoms with Gasteiger partial charge in [-0.2, -0.15) is 0 Å². The van der Waals surface area contributed by atoms with Crippen LogP contribution in [0.3, 0.4) is 0 Å². The number of rotatable bonds is 3. The first-order valence-corrected chi connectivity index (χ1v) is 5.61. The monoisotopic (exact) mass is 296 g/mol. The predicted molar refractivity (Wildman–Crippen MR) is 63.3 cm³/mol. The molecule has 2 rings (SSSR count). The number of carboxylic acid groups (broad SMARTS) is 1. The lowest BCUT2D eigenvalue weighted by Gasteiger charge is -2.04. The third-order valence-electron chi connectivity index (χ3n) is 2.23. The average Bonchev–Trinajstić information content (AvgIpc) is 2.69. The summed E-state index contributed by atoms with van der Waals surface area (Å²) >= 11 is 3.40. The van der Waals surface area contributed by atoms with E-state index in [2.05, 4.69) is 31.5 Å².